The fourth-order valence-corrected chi connectivity index (χ4v) is 2.10. The van der Waals surface area contributed by atoms with Crippen molar-refractivity contribution >= 4 is 17.8 Å². The monoisotopic (exact) mass is 256 g/mol. The van der Waals surface area contributed by atoms with E-state index in [9.17, 15) is 14.4 Å². The van der Waals surface area contributed by atoms with Gasteiger partial charge in [-0.1, -0.05) is 0 Å². The van der Waals surface area contributed by atoms with E-state index in [1.165, 1.54) is 14.0 Å². The Morgan fingerprint density at radius 1 is 1.33 bits per heavy atom. The smallest absolute Gasteiger partial charge is 0.328 e. The van der Waals surface area contributed by atoms with Crippen molar-refractivity contribution in [3.8, 4) is 0 Å². The fourth-order valence-electron chi connectivity index (χ4n) is 2.10. The summed E-state index contributed by atoms with van der Waals surface area (Å²) in [6.45, 7) is 2.29. The first-order chi connectivity index (χ1) is 8.56. The summed E-state index contributed by atoms with van der Waals surface area (Å²) in [6, 6.07) is -0.464. The second kappa shape index (κ2) is 6.98. The van der Waals surface area contributed by atoms with Crippen LogP contribution >= 0.6 is 0 Å². The molecule has 1 heterocycles. The second-order valence-electron chi connectivity index (χ2n) is 4.35. The lowest BCUT2D eigenvalue weighted by Gasteiger charge is -2.33. The summed E-state index contributed by atoms with van der Waals surface area (Å²) in [5.41, 5.74) is 0. The summed E-state index contributed by atoms with van der Waals surface area (Å²) in [4.78, 5) is 35.8. The van der Waals surface area contributed by atoms with Gasteiger partial charge in [0.1, 0.15) is 6.04 Å². The molecule has 0 saturated carbocycles. The Morgan fingerprint density at radius 2 is 2.06 bits per heavy atom. The summed E-state index contributed by atoms with van der Waals surface area (Å²) in [6.07, 6.45) is 2.69. The standard InChI is InChI=1S/C12H20N2O4/c1-9(15)13-7-6-11(16)14-8-4-3-5-10(14)12(17)18-2/h10H,3-8H2,1-2H3,(H,13,15). The van der Waals surface area contributed by atoms with E-state index in [0.717, 1.165) is 12.8 Å². The zero-order valence-electron chi connectivity index (χ0n) is 10.9. The third-order valence-electron chi connectivity index (χ3n) is 3.01. The van der Waals surface area contributed by atoms with Crippen molar-refractivity contribution in [3.63, 3.8) is 0 Å². The average Bonchev–Trinajstić information content (AvgIpc) is 2.37. The van der Waals surface area contributed by atoms with Crippen molar-refractivity contribution in [2.45, 2.75) is 38.6 Å². The van der Waals surface area contributed by atoms with E-state index in [1.54, 1.807) is 4.90 Å². The highest BCUT2D eigenvalue weighted by molar-refractivity contribution is 5.85. The lowest BCUT2D eigenvalue weighted by Crippen LogP contribution is -2.49. The maximum Gasteiger partial charge on any atom is 0.328 e. The van der Waals surface area contributed by atoms with E-state index in [2.05, 4.69) is 5.32 Å². The Kier molecular flexibility index (Phi) is 5.61. The number of carbonyl (C=O) groups is 3. The Balaban J connectivity index is 2.52. The molecule has 2 amide bonds. The molecule has 1 atom stereocenters. The molecule has 1 aliphatic rings. The van der Waals surface area contributed by atoms with Crippen molar-refractivity contribution in [3.05, 3.63) is 0 Å². The van der Waals surface area contributed by atoms with E-state index in [4.69, 9.17) is 4.74 Å². The number of methoxy groups -OCH3 is 1. The number of ether oxygens (including phenoxy) is 1. The van der Waals surface area contributed by atoms with E-state index in [1.807, 2.05) is 0 Å². The summed E-state index contributed by atoms with van der Waals surface area (Å²) in [5, 5.41) is 2.57. The number of hydrogen-bond donors (Lipinski definition) is 1. The first-order valence-corrected chi connectivity index (χ1v) is 6.18. The molecule has 0 aromatic rings. The summed E-state index contributed by atoms with van der Waals surface area (Å²) >= 11 is 0. The zero-order chi connectivity index (χ0) is 13.5. The van der Waals surface area contributed by atoms with Gasteiger partial charge in [-0.2, -0.15) is 0 Å². The predicted molar refractivity (Wildman–Crippen MR) is 64.7 cm³/mol. The SMILES string of the molecule is COC(=O)C1CCCCN1C(=O)CCNC(C)=O. The highest BCUT2D eigenvalue weighted by Gasteiger charge is 2.32. The summed E-state index contributed by atoms with van der Waals surface area (Å²) in [5.74, 6) is -0.632. The minimum atomic E-state index is -0.464. The van der Waals surface area contributed by atoms with E-state index >= 15 is 0 Å². The molecule has 1 rings (SSSR count). The maximum atomic E-state index is 12.0. The van der Waals surface area contributed by atoms with E-state index in [-0.39, 0.29) is 24.2 Å². The van der Waals surface area contributed by atoms with Crippen LogP contribution in [0.25, 0.3) is 0 Å². The zero-order valence-corrected chi connectivity index (χ0v) is 10.9. The van der Waals surface area contributed by atoms with E-state index < -0.39 is 6.04 Å². The Hall–Kier alpha value is -1.59. The van der Waals surface area contributed by atoms with Crippen molar-refractivity contribution in [2.24, 2.45) is 0 Å². The molecule has 1 N–H and O–H groups in total. The van der Waals surface area contributed by atoms with Gasteiger partial charge in [-0.15, -0.1) is 0 Å². The molecular formula is C12H20N2O4. The van der Waals surface area contributed by atoms with Gasteiger partial charge in [0, 0.05) is 26.4 Å². The van der Waals surface area contributed by atoms with Gasteiger partial charge in [0.05, 0.1) is 7.11 Å². The molecule has 18 heavy (non-hydrogen) atoms. The number of amides is 2. The molecule has 0 spiro atoms. The first kappa shape index (κ1) is 14.5. The largest absolute Gasteiger partial charge is 0.467 e. The number of nitrogens with zero attached hydrogens (tertiary/aromatic N) is 1. The third kappa shape index (κ3) is 4.01. The van der Waals surface area contributed by atoms with Gasteiger partial charge in [0.25, 0.3) is 0 Å². The fraction of sp³-hybridized carbons (Fsp3) is 0.750. The predicted octanol–water partition coefficient (Wildman–Crippen LogP) is 0.0667. The molecular weight excluding hydrogens is 236 g/mol. The number of esters is 1. The molecule has 1 saturated heterocycles. The number of carbonyl (C=O) groups excluding carboxylic acids is 3. The number of nitrogens with one attached hydrogen (secondary N) is 1. The Labute approximate surface area is 107 Å². The van der Waals surface area contributed by atoms with Crippen molar-refractivity contribution in [1.82, 2.24) is 10.2 Å². The van der Waals surface area contributed by atoms with Crippen LogP contribution < -0.4 is 5.32 Å². The van der Waals surface area contributed by atoms with Crippen LogP contribution in [0.4, 0.5) is 0 Å². The van der Waals surface area contributed by atoms with Gasteiger partial charge in [-0.3, -0.25) is 9.59 Å². The number of hydrogen-bond acceptors (Lipinski definition) is 4. The minimum Gasteiger partial charge on any atom is -0.467 e. The van der Waals surface area contributed by atoms with Gasteiger partial charge in [0.2, 0.25) is 11.8 Å². The van der Waals surface area contributed by atoms with Crippen LogP contribution in [0.15, 0.2) is 0 Å². The molecule has 0 aromatic carbocycles. The van der Waals surface area contributed by atoms with Crippen molar-refractivity contribution < 1.29 is 19.1 Å². The van der Waals surface area contributed by atoms with Crippen molar-refractivity contribution in [2.75, 3.05) is 20.2 Å². The molecule has 0 radical (unpaired) electrons. The maximum absolute atomic E-state index is 12.0. The van der Waals surface area contributed by atoms with Crippen molar-refractivity contribution in [1.29, 1.82) is 0 Å². The normalized spacial score (nSPS) is 19.2. The quantitative estimate of drug-likeness (QED) is 0.722. The molecule has 0 aromatic heterocycles. The van der Waals surface area contributed by atoms with Crippen LogP contribution in [0.3, 0.4) is 0 Å². The van der Waals surface area contributed by atoms with Gasteiger partial charge < -0.3 is 15.0 Å². The highest BCUT2D eigenvalue weighted by atomic mass is 16.5. The Morgan fingerprint density at radius 3 is 2.67 bits per heavy atom. The summed E-state index contributed by atoms with van der Waals surface area (Å²) < 4.78 is 4.71. The summed E-state index contributed by atoms with van der Waals surface area (Å²) in [7, 11) is 1.33. The number of piperidine rings is 1. The van der Waals surface area contributed by atoms with Crippen LogP contribution in [-0.4, -0.2) is 48.9 Å². The lowest BCUT2D eigenvalue weighted by molar-refractivity contribution is -0.154. The van der Waals surface area contributed by atoms with Crippen LogP contribution in [0.1, 0.15) is 32.6 Å². The van der Waals surface area contributed by atoms with Crippen LogP contribution in [0.5, 0.6) is 0 Å². The van der Waals surface area contributed by atoms with Gasteiger partial charge in [0.15, 0.2) is 0 Å². The molecule has 0 bridgehead atoms. The average molecular weight is 256 g/mol. The number of likely N-dealkylation sites (tertiary alicyclic amines) is 1. The van der Waals surface area contributed by atoms with Crippen LogP contribution in [-0.2, 0) is 19.1 Å². The third-order valence-corrected chi connectivity index (χ3v) is 3.01. The topological polar surface area (TPSA) is 75.7 Å². The molecule has 6 nitrogen and oxygen atoms in total. The lowest BCUT2D eigenvalue weighted by atomic mass is 10.0. The molecule has 1 aliphatic heterocycles. The van der Waals surface area contributed by atoms with Crippen LogP contribution in [0, 0.1) is 0 Å². The molecule has 1 fully saturated rings. The first-order valence-electron chi connectivity index (χ1n) is 6.18. The molecule has 1 unspecified atom stereocenters. The van der Waals surface area contributed by atoms with Gasteiger partial charge in [-0.25, -0.2) is 4.79 Å². The molecule has 6 heteroatoms. The Bertz CT molecular complexity index is 330. The minimum absolute atomic E-state index is 0.112. The highest BCUT2D eigenvalue weighted by Crippen LogP contribution is 2.18. The molecule has 0 aliphatic carbocycles. The molecule has 102 valence electrons. The number of rotatable bonds is 4. The van der Waals surface area contributed by atoms with Crippen LogP contribution in [0.2, 0.25) is 0 Å². The second-order valence-corrected chi connectivity index (χ2v) is 4.35. The van der Waals surface area contributed by atoms with E-state index in [0.29, 0.717) is 19.5 Å². The van der Waals surface area contributed by atoms with Gasteiger partial charge in [-0.05, 0) is 19.3 Å². The van der Waals surface area contributed by atoms with Gasteiger partial charge >= 0.3 is 5.97 Å².